The SMILES string of the molecule is CC(C)(C)C(NC(=O)c1cnc(-c2ccccc2)nc1)c1cccs1. The van der Waals surface area contributed by atoms with Gasteiger partial charge in [-0.05, 0) is 16.9 Å². The van der Waals surface area contributed by atoms with Crippen molar-refractivity contribution in [3.63, 3.8) is 0 Å². The molecule has 4 nitrogen and oxygen atoms in total. The molecule has 5 heteroatoms. The number of carbonyl (C=O) groups is 1. The summed E-state index contributed by atoms with van der Waals surface area (Å²) >= 11 is 1.65. The van der Waals surface area contributed by atoms with Crippen molar-refractivity contribution in [2.24, 2.45) is 5.41 Å². The summed E-state index contributed by atoms with van der Waals surface area (Å²) < 4.78 is 0. The van der Waals surface area contributed by atoms with Crippen LogP contribution >= 0.6 is 11.3 Å². The molecule has 1 N–H and O–H groups in total. The van der Waals surface area contributed by atoms with Gasteiger partial charge in [0, 0.05) is 22.8 Å². The van der Waals surface area contributed by atoms with Crippen LogP contribution in [0.15, 0.2) is 60.2 Å². The van der Waals surface area contributed by atoms with E-state index in [-0.39, 0.29) is 17.4 Å². The molecule has 0 aliphatic rings. The Morgan fingerprint density at radius 2 is 1.72 bits per heavy atom. The molecular weight excluding hydrogens is 330 g/mol. The molecule has 2 heterocycles. The Kier molecular flexibility index (Phi) is 4.95. The molecule has 3 aromatic rings. The van der Waals surface area contributed by atoms with E-state index in [2.05, 4.69) is 42.1 Å². The van der Waals surface area contributed by atoms with Crippen LogP contribution in [0.4, 0.5) is 0 Å². The predicted octanol–water partition coefficient (Wildman–Crippen LogP) is 4.72. The minimum atomic E-state index is -0.159. The number of hydrogen-bond acceptors (Lipinski definition) is 4. The van der Waals surface area contributed by atoms with Gasteiger partial charge in [0.2, 0.25) is 0 Å². The van der Waals surface area contributed by atoms with Crippen molar-refractivity contribution in [3.8, 4) is 11.4 Å². The van der Waals surface area contributed by atoms with Crippen molar-refractivity contribution in [1.29, 1.82) is 0 Å². The fraction of sp³-hybridized carbons (Fsp3) is 0.250. The molecule has 1 atom stereocenters. The first-order valence-corrected chi connectivity index (χ1v) is 9.05. The average Bonchev–Trinajstić information content (AvgIpc) is 3.13. The monoisotopic (exact) mass is 351 g/mol. The van der Waals surface area contributed by atoms with Gasteiger partial charge in [0.15, 0.2) is 5.82 Å². The first-order chi connectivity index (χ1) is 11.9. The molecule has 2 aromatic heterocycles. The van der Waals surface area contributed by atoms with E-state index in [0.717, 1.165) is 10.4 Å². The molecule has 0 aliphatic carbocycles. The summed E-state index contributed by atoms with van der Waals surface area (Å²) in [6.07, 6.45) is 3.16. The smallest absolute Gasteiger partial charge is 0.254 e. The molecule has 0 fully saturated rings. The van der Waals surface area contributed by atoms with Crippen molar-refractivity contribution in [1.82, 2.24) is 15.3 Å². The van der Waals surface area contributed by atoms with Gasteiger partial charge in [0.25, 0.3) is 5.91 Å². The second-order valence-electron chi connectivity index (χ2n) is 6.95. The maximum atomic E-state index is 12.7. The second-order valence-corrected chi connectivity index (χ2v) is 7.93. The molecule has 0 aliphatic heterocycles. The van der Waals surface area contributed by atoms with Gasteiger partial charge >= 0.3 is 0 Å². The van der Waals surface area contributed by atoms with Crippen LogP contribution in [0.2, 0.25) is 0 Å². The van der Waals surface area contributed by atoms with Gasteiger partial charge < -0.3 is 5.32 Å². The maximum absolute atomic E-state index is 12.7. The largest absolute Gasteiger partial charge is 0.344 e. The lowest BCUT2D eigenvalue weighted by atomic mass is 9.85. The highest BCUT2D eigenvalue weighted by molar-refractivity contribution is 7.10. The zero-order valence-electron chi connectivity index (χ0n) is 14.6. The summed E-state index contributed by atoms with van der Waals surface area (Å²) in [6.45, 7) is 6.35. The van der Waals surface area contributed by atoms with E-state index in [4.69, 9.17) is 0 Å². The van der Waals surface area contributed by atoms with Crippen LogP contribution in [0.5, 0.6) is 0 Å². The van der Waals surface area contributed by atoms with Gasteiger partial charge in [-0.15, -0.1) is 11.3 Å². The molecule has 0 radical (unpaired) electrons. The van der Waals surface area contributed by atoms with Gasteiger partial charge in [-0.3, -0.25) is 4.79 Å². The summed E-state index contributed by atoms with van der Waals surface area (Å²) in [6, 6.07) is 13.7. The molecule has 25 heavy (non-hydrogen) atoms. The van der Waals surface area contributed by atoms with E-state index in [9.17, 15) is 4.79 Å². The lowest BCUT2D eigenvalue weighted by Crippen LogP contribution is -2.36. The van der Waals surface area contributed by atoms with Crippen LogP contribution in [0.25, 0.3) is 11.4 Å². The van der Waals surface area contributed by atoms with Gasteiger partial charge in [-0.1, -0.05) is 57.2 Å². The van der Waals surface area contributed by atoms with E-state index >= 15 is 0 Å². The fourth-order valence-electron chi connectivity index (χ4n) is 2.57. The number of hydrogen-bond donors (Lipinski definition) is 1. The molecule has 1 amide bonds. The number of amides is 1. The standard InChI is InChI=1S/C20H21N3OS/c1-20(2,3)17(16-10-7-11-25-16)23-19(24)15-12-21-18(22-13-15)14-8-5-4-6-9-14/h4-13,17H,1-3H3,(H,23,24). The number of nitrogens with one attached hydrogen (secondary N) is 1. The molecule has 0 bridgehead atoms. The Balaban J connectivity index is 1.78. The van der Waals surface area contributed by atoms with Crippen molar-refractivity contribution < 1.29 is 4.79 Å². The summed E-state index contributed by atoms with van der Waals surface area (Å²) in [7, 11) is 0. The van der Waals surface area contributed by atoms with Crippen LogP contribution in [0, 0.1) is 5.41 Å². The Morgan fingerprint density at radius 1 is 1.04 bits per heavy atom. The van der Waals surface area contributed by atoms with E-state index < -0.39 is 0 Å². The molecular formula is C20H21N3OS. The lowest BCUT2D eigenvalue weighted by Gasteiger charge is -2.30. The Bertz CT molecular complexity index is 822. The third kappa shape index (κ3) is 4.12. The highest BCUT2D eigenvalue weighted by atomic mass is 32.1. The number of thiophene rings is 1. The third-order valence-electron chi connectivity index (χ3n) is 3.92. The molecule has 0 saturated carbocycles. The molecule has 0 spiro atoms. The molecule has 3 rings (SSSR count). The van der Waals surface area contributed by atoms with Crippen molar-refractivity contribution in [3.05, 3.63) is 70.7 Å². The van der Waals surface area contributed by atoms with E-state index in [1.165, 1.54) is 0 Å². The summed E-state index contributed by atoms with van der Waals surface area (Å²) in [5.74, 6) is 0.454. The zero-order valence-corrected chi connectivity index (χ0v) is 15.4. The quantitative estimate of drug-likeness (QED) is 0.740. The number of benzene rings is 1. The molecule has 0 saturated heterocycles. The number of rotatable bonds is 4. The van der Waals surface area contributed by atoms with E-state index in [0.29, 0.717) is 11.4 Å². The first kappa shape index (κ1) is 17.3. The minimum absolute atomic E-state index is 0.0613. The Labute approximate surface area is 152 Å². The zero-order chi connectivity index (χ0) is 17.9. The van der Waals surface area contributed by atoms with Gasteiger partial charge in [0.05, 0.1) is 11.6 Å². The van der Waals surface area contributed by atoms with Crippen molar-refractivity contribution in [2.45, 2.75) is 26.8 Å². The molecule has 128 valence electrons. The Hall–Kier alpha value is -2.53. The average molecular weight is 351 g/mol. The summed E-state index contributed by atoms with van der Waals surface area (Å²) in [5.41, 5.74) is 1.30. The summed E-state index contributed by atoms with van der Waals surface area (Å²) in [5, 5.41) is 5.15. The topological polar surface area (TPSA) is 54.9 Å². The van der Waals surface area contributed by atoms with Crippen LogP contribution < -0.4 is 5.32 Å². The minimum Gasteiger partial charge on any atom is -0.344 e. The molecule has 1 unspecified atom stereocenters. The third-order valence-corrected chi connectivity index (χ3v) is 4.85. The number of nitrogens with zero attached hydrogens (tertiary/aromatic N) is 2. The highest BCUT2D eigenvalue weighted by Gasteiger charge is 2.29. The summed E-state index contributed by atoms with van der Waals surface area (Å²) in [4.78, 5) is 22.5. The number of aromatic nitrogens is 2. The lowest BCUT2D eigenvalue weighted by molar-refractivity contribution is 0.0902. The first-order valence-electron chi connectivity index (χ1n) is 8.17. The van der Waals surface area contributed by atoms with Gasteiger partial charge in [-0.2, -0.15) is 0 Å². The fourth-order valence-corrected chi connectivity index (χ4v) is 3.59. The van der Waals surface area contributed by atoms with Crippen LogP contribution in [-0.2, 0) is 0 Å². The normalized spacial score (nSPS) is 12.6. The van der Waals surface area contributed by atoms with Crippen molar-refractivity contribution >= 4 is 17.2 Å². The van der Waals surface area contributed by atoms with E-state index in [1.807, 2.05) is 41.8 Å². The molecule has 1 aromatic carbocycles. The maximum Gasteiger partial charge on any atom is 0.254 e. The number of carbonyl (C=O) groups excluding carboxylic acids is 1. The predicted molar refractivity (Wildman–Crippen MR) is 101 cm³/mol. The van der Waals surface area contributed by atoms with Gasteiger partial charge in [-0.25, -0.2) is 9.97 Å². The van der Waals surface area contributed by atoms with E-state index in [1.54, 1.807) is 23.7 Å². The van der Waals surface area contributed by atoms with Crippen LogP contribution in [-0.4, -0.2) is 15.9 Å². The highest BCUT2D eigenvalue weighted by Crippen LogP contribution is 2.35. The van der Waals surface area contributed by atoms with Gasteiger partial charge in [0.1, 0.15) is 0 Å². The van der Waals surface area contributed by atoms with Crippen LogP contribution in [0.3, 0.4) is 0 Å². The Morgan fingerprint density at radius 3 is 2.28 bits per heavy atom. The second kappa shape index (κ2) is 7.15. The van der Waals surface area contributed by atoms with Crippen LogP contribution in [0.1, 0.15) is 42.0 Å². The van der Waals surface area contributed by atoms with Crippen molar-refractivity contribution in [2.75, 3.05) is 0 Å².